The minimum absolute atomic E-state index is 0.0896. The number of rotatable bonds is 4. The molecule has 0 fully saturated rings. The Labute approximate surface area is 333 Å². The summed E-state index contributed by atoms with van der Waals surface area (Å²) < 4.78 is 0. The van der Waals surface area contributed by atoms with Gasteiger partial charge in [-0.25, -0.2) is 0 Å². The van der Waals surface area contributed by atoms with Crippen LogP contribution in [0.25, 0.3) is 0 Å². The average Bonchev–Trinajstić information content (AvgIpc) is 3.24. The predicted octanol–water partition coefficient (Wildman–Crippen LogP) is 11.9. The highest BCUT2D eigenvalue weighted by Gasteiger charge is 2.37. The summed E-state index contributed by atoms with van der Waals surface area (Å²) in [5, 5.41) is 0. The third-order valence-electron chi connectivity index (χ3n) is 11.7. The standard InChI is InChI=1S/C51H38BN3S/c1-34-31-40(55-43-19-7-3-15-36(43)33-37-16-4-8-20-44(37)55)32-35(2)51(34)52-41-17-5-9-21-45(41)53(46-22-10-6-18-42(46)52)38-27-29-39(30-28-38)54-47-23-11-13-25-49(47)56-50-26-14-12-24-48(50)54/h3-32H,33H2,1-2H3. The molecule has 3 heterocycles. The predicted molar refractivity (Wildman–Crippen MR) is 238 cm³/mol. The third-order valence-corrected chi connectivity index (χ3v) is 12.9. The number of anilines is 9. The lowest BCUT2D eigenvalue weighted by Gasteiger charge is -2.38. The number of para-hydroxylation sites is 6. The maximum Gasteiger partial charge on any atom is 0.247 e. The van der Waals surface area contributed by atoms with Crippen LogP contribution in [0.3, 0.4) is 0 Å². The quantitative estimate of drug-likeness (QED) is 0.166. The molecule has 0 amide bonds. The van der Waals surface area contributed by atoms with Crippen LogP contribution in [-0.4, -0.2) is 6.71 Å². The fraction of sp³-hybridized carbons (Fsp3) is 0.0588. The van der Waals surface area contributed by atoms with Crippen LogP contribution in [0.1, 0.15) is 22.3 Å². The van der Waals surface area contributed by atoms with Crippen LogP contribution in [-0.2, 0) is 6.42 Å². The van der Waals surface area contributed by atoms with E-state index >= 15 is 0 Å². The summed E-state index contributed by atoms with van der Waals surface area (Å²) in [6.45, 7) is 4.70. The summed E-state index contributed by atoms with van der Waals surface area (Å²) in [5.41, 5.74) is 20.2. The monoisotopic (exact) mass is 735 g/mol. The zero-order valence-electron chi connectivity index (χ0n) is 31.4. The van der Waals surface area contributed by atoms with Crippen molar-refractivity contribution in [2.75, 3.05) is 14.7 Å². The van der Waals surface area contributed by atoms with Crippen molar-refractivity contribution in [3.05, 3.63) is 204 Å². The lowest BCUT2D eigenvalue weighted by Crippen LogP contribution is -2.58. The maximum absolute atomic E-state index is 2.46. The van der Waals surface area contributed by atoms with Gasteiger partial charge < -0.3 is 14.7 Å². The van der Waals surface area contributed by atoms with E-state index in [4.69, 9.17) is 0 Å². The van der Waals surface area contributed by atoms with E-state index < -0.39 is 0 Å². The van der Waals surface area contributed by atoms with E-state index in [0.29, 0.717) is 0 Å². The van der Waals surface area contributed by atoms with Gasteiger partial charge in [-0.3, -0.25) is 0 Å². The Morgan fingerprint density at radius 1 is 0.393 bits per heavy atom. The van der Waals surface area contributed by atoms with Crippen LogP contribution in [0.15, 0.2) is 192 Å². The van der Waals surface area contributed by atoms with Gasteiger partial charge in [0.25, 0.3) is 0 Å². The number of fused-ring (bicyclic) bond motifs is 6. The molecule has 0 unspecified atom stereocenters. The number of hydrogen-bond acceptors (Lipinski definition) is 4. The molecule has 3 aliphatic rings. The van der Waals surface area contributed by atoms with Crippen LogP contribution in [0.2, 0.25) is 0 Å². The van der Waals surface area contributed by atoms with Crippen molar-refractivity contribution in [2.24, 2.45) is 0 Å². The van der Waals surface area contributed by atoms with Gasteiger partial charge in [0, 0.05) is 56.0 Å². The molecule has 0 atom stereocenters. The van der Waals surface area contributed by atoms with Gasteiger partial charge in [-0.1, -0.05) is 125 Å². The van der Waals surface area contributed by atoms with Crippen molar-refractivity contribution in [1.82, 2.24) is 0 Å². The summed E-state index contributed by atoms with van der Waals surface area (Å²) in [6.07, 6.45) is 0.951. The van der Waals surface area contributed by atoms with Crippen LogP contribution in [0.4, 0.5) is 51.2 Å². The highest BCUT2D eigenvalue weighted by Crippen LogP contribution is 2.51. The molecule has 56 heavy (non-hydrogen) atoms. The highest BCUT2D eigenvalue weighted by atomic mass is 32.2. The van der Waals surface area contributed by atoms with Gasteiger partial charge in [-0.2, -0.15) is 0 Å². The summed E-state index contributed by atoms with van der Waals surface area (Å²) in [6, 6.07) is 67.1. The maximum atomic E-state index is 2.46. The SMILES string of the molecule is Cc1cc(N2c3ccccc3Cc3ccccc32)cc(C)c1B1c2ccccc2N(c2ccc(N3c4ccccc4Sc4ccccc43)cc2)c2ccccc21. The average molecular weight is 736 g/mol. The molecule has 266 valence electrons. The van der Waals surface area contributed by atoms with Crippen LogP contribution < -0.4 is 31.1 Å². The molecule has 0 saturated heterocycles. The summed E-state index contributed by atoms with van der Waals surface area (Å²) in [7, 11) is 0. The first kappa shape index (κ1) is 33.0. The zero-order valence-corrected chi connectivity index (χ0v) is 32.2. The van der Waals surface area contributed by atoms with E-state index in [9.17, 15) is 0 Å². The molecular weight excluding hydrogens is 697 g/mol. The van der Waals surface area contributed by atoms with Crippen LogP contribution in [0, 0.1) is 13.8 Å². The van der Waals surface area contributed by atoms with Crippen molar-refractivity contribution in [3.63, 3.8) is 0 Å². The molecular formula is C51H38BN3S. The minimum atomic E-state index is 0.0896. The van der Waals surface area contributed by atoms with E-state index in [1.807, 2.05) is 11.8 Å². The first-order chi connectivity index (χ1) is 27.6. The van der Waals surface area contributed by atoms with Gasteiger partial charge >= 0.3 is 0 Å². The second-order valence-electron chi connectivity index (χ2n) is 15.0. The molecule has 5 heteroatoms. The molecule has 3 nitrogen and oxygen atoms in total. The normalized spacial score (nSPS) is 13.6. The fourth-order valence-corrected chi connectivity index (χ4v) is 10.5. The van der Waals surface area contributed by atoms with Crippen molar-refractivity contribution in [2.45, 2.75) is 30.1 Å². The number of aryl methyl sites for hydroxylation is 2. The van der Waals surface area contributed by atoms with E-state index in [0.717, 1.165) is 17.8 Å². The molecule has 0 saturated carbocycles. The van der Waals surface area contributed by atoms with Crippen molar-refractivity contribution >= 4 is 86.0 Å². The fourth-order valence-electron chi connectivity index (χ4n) is 9.40. The van der Waals surface area contributed by atoms with Crippen molar-refractivity contribution < 1.29 is 0 Å². The third kappa shape index (κ3) is 5.15. The lowest BCUT2D eigenvalue weighted by molar-refractivity contribution is 1.09. The minimum Gasteiger partial charge on any atom is -0.312 e. The van der Waals surface area contributed by atoms with E-state index in [1.165, 1.54) is 88.2 Å². The van der Waals surface area contributed by atoms with Gasteiger partial charge in [0.05, 0.1) is 11.4 Å². The Hall–Kier alpha value is -6.43. The highest BCUT2D eigenvalue weighted by molar-refractivity contribution is 7.99. The first-order valence-electron chi connectivity index (χ1n) is 19.4. The zero-order chi connectivity index (χ0) is 37.3. The molecule has 0 N–H and O–H groups in total. The second kappa shape index (κ2) is 13.1. The van der Waals surface area contributed by atoms with Gasteiger partial charge in [-0.15, -0.1) is 0 Å². The Bertz CT molecular complexity index is 2670. The summed E-state index contributed by atoms with van der Waals surface area (Å²) >= 11 is 1.84. The first-order valence-corrected chi connectivity index (χ1v) is 20.3. The molecule has 11 rings (SSSR count). The van der Waals surface area contributed by atoms with Crippen LogP contribution in [0.5, 0.6) is 0 Å². The summed E-state index contributed by atoms with van der Waals surface area (Å²) in [5.74, 6) is 0. The number of nitrogens with zero attached hydrogens (tertiary/aromatic N) is 3. The molecule has 0 spiro atoms. The molecule has 0 aliphatic carbocycles. The number of hydrogen-bond donors (Lipinski definition) is 0. The molecule has 3 aliphatic heterocycles. The van der Waals surface area contributed by atoms with Gasteiger partial charge in [0.15, 0.2) is 0 Å². The Kier molecular flexibility index (Phi) is 7.72. The molecule has 8 aromatic carbocycles. The molecule has 8 aromatic rings. The second-order valence-corrected chi connectivity index (χ2v) is 16.1. The molecule has 0 aromatic heterocycles. The number of benzene rings is 8. The van der Waals surface area contributed by atoms with E-state index in [2.05, 4.69) is 211 Å². The Morgan fingerprint density at radius 3 is 1.27 bits per heavy atom. The lowest BCUT2D eigenvalue weighted by atomic mass is 9.34. The Balaban J connectivity index is 1.01. The van der Waals surface area contributed by atoms with E-state index in [-0.39, 0.29) is 6.71 Å². The topological polar surface area (TPSA) is 9.72 Å². The van der Waals surface area contributed by atoms with Gasteiger partial charge in [-0.05, 0) is 121 Å². The Morgan fingerprint density at radius 2 is 0.768 bits per heavy atom. The molecule has 0 bridgehead atoms. The van der Waals surface area contributed by atoms with Crippen molar-refractivity contribution in [3.8, 4) is 0 Å². The van der Waals surface area contributed by atoms with Gasteiger partial charge in [0.2, 0.25) is 6.71 Å². The van der Waals surface area contributed by atoms with E-state index in [1.54, 1.807) is 0 Å². The smallest absolute Gasteiger partial charge is 0.247 e. The summed E-state index contributed by atoms with van der Waals surface area (Å²) in [4.78, 5) is 9.86. The van der Waals surface area contributed by atoms with Gasteiger partial charge in [0.1, 0.15) is 0 Å². The van der Waals surface area contributed by atoms with Crippen molar-refractivity contribution in [1.29, 1.82) is 0 Å². The molecule has 0 radical (unpaired) electrons. The van der Waals surface area contributed by atoms with Crippen LogP contribution >= 0.6 is 11.8 Å². The largest absolute Gasteiger partial charge is 0.312 e.